The molecule has 7 nitrogen and oxygen atoms in total. The summed E-state index contributed by atoms with van der Waals surface area (Å²) in [6.07, 6.45) is 0.735. The van der Waals surface area contributed by atoms with Crippen molar-refractivity contribution in [1.29, 1.82) is 0 Å². The van der Waals surface area contributed by atoms with Crippen molar-refractivity contribution in [2.45, 2.75) is 26.8 Å². The number of benzene rings is 1. The Morgan fingerprint density at radius 3 is 3.04 bits per heavy atom. The smallest absolute Gasteiger partial charge is 0.255 e. The first-order chi connectivity index (χ1) is 11.6. The van der Waals surface area contributed by atoms with E-state index in [2.05, 4.69) is 15.8 Å². The summed E-state index contributed by atoms with van der Waals surface area (Å²) in [5.74, 6) is 0.685. The van der Waals surface area contributed by atoms with Crippen molar-refractivity contribution in [3.63, 3.8) is 0 Å². The van der Waals surface area contributed by atoms with Gasteiger partial charge in [-0.2, -0.15) is 0 Å². The third-order valence-corrected chi connectivity index (χ3v) is 3.96. The van der Waals surface area contributed by atoms with E-state index in [0.717, 1.165) is 17.7 Å². The Morgan fingerprint density at radius 1 is 1.42 bits per heavy atom. The highest BCUT2D eigenvalue weighted by Crippen LogP contribution is 2.22. The highest BCUT2D eigenvalue weighted by atomic mass is 16.5. The number of amides is 2. The second kappa shape index (κ2) is 6.74. The van der Waals surface area contributed by atoms with E-state index < -0.39 is 0 Å². The van der Waals surface area contributed by atoms with Crippen molar-refractivity contribution in [2.75, 3.05) is 13.2 Å². The summed E-state index contributed by atoms with van der Waals surface area (Å²) < 4.78 is 10.6. The summed E-state index contributed by atoms with van der Waals surface area (Å²) in [4.78, 5) is 24.4. The van der Waals surface area contributed by atoms with Gasteiger partial charge in [-0.1, -0.05) is 12.1 Å². The van der Waals surface area contributed by atoms with Crippen LogP contribution >= 0.6 is 0 Å². The average molecular weight is 329 g/mol. The predicted octanol–water partition coefficient (Wildman–Crippen LogP) is 1.60. The summed E-state index contributed by atoms with van der Waals surface area (Å²) in [6.45, 7) is 4.99. The highest BCUT2D eigenvalue weighted by Gasteiger charge is 2.19. The second-order valence-electron chi connectivity index (χ2n) is 5.52. The molecule has 2 heterocycles. The standard InChI is InChI=1S/C17H19N3O4/c1-3-14-13(10(2)24-20-14)9-19-16(21)11-4-5-15-12(8-11)17(22)18-6-7-23-15/h4-5,8H,3,6-7,9H2,1-2H3,(H,18,22)(H,19,21). The summed E-state index contributed by atoms with van der Waals surface area (Å²) >= 11 is 0. The molecule has 2 N–H and O–H groups in total. The lowest BCUT2D eigenvalue weighted by Gasteiger charge is -2.09. The number of hydrogen-bond acceptors (Lipinski definition) is 5. The van der Waals surface area contributed by atoms with Gasteiger partial charge >= 0.3 is 0 Å². The van der Waals surface area contributed by atoms with Crippen LogP contribution in [0.5, 0.6) is 5.75 Å². The molecule has 0 saturated heterocycles. The molecule has 0 radical (unpaired) electrons. The van der Waals surface area contributed by atoms with Gasteiger partial charge in [0, 0.05) is 17.7 Å². The Kier molecular flexibility index (Phi) is 4.50. The number of carbonyl (C=O) groups excluding carboxylic acids is 2. The number of aromatic nitrogens is 1. The first-order valence-electron chi connectivity index (χ1n) is 7.87. The van der Waals surface area contributed by atoms with Crippen molar-refractivity contribution in [3.05, 3.63) is 46.3 Å². The van der Waals surface area contributed by atoms with Crippen molar-refractivity contribution < 1.29 is 18.8 Å². The fourth-order valence-electron chi connectivity index (χ4n) is 2.61. The lowest BCUT2D eigenvalue weighted by Crippen LogP contribution is -2.26. The summed E-state index contributed by atoms with van der Waals surface area (Å²) in [5, 5.41) is 9.54. The first kappa shape index (κ1) is 16.0. The molecule has 0 bridgehead atoms. The van der Waals surface area contributed by atoms with Gasteiger partial charge in [-0.15, -0.1) is 0 Å². The van der Waals surface area contributed by atoms with Crippen LogP contribution in [0.25, 0.3) is 0 Å². The molecule has 1 aromatic heterocycles. The SMILES string of the molecule is CCc1noc(C)c1CNC(=O)c1ccc2c(c1)C(=O)NCCO2. The summed E-state index contributed by atoms with van der Waals surface area (Å²) in [7, 11) is 0. The Morgan fingerprint density at radius 2 is 2.25 bits per heavy atom. The minimum atomic E-state index is -0.266. The van der Waals surface area contributed by atoms with Gasteiger partial charge in [0.2, 0.25) is 0 Å². The van der Waals surface area contributed by atoms with Crippen LogP contribution in [0, 0.1) is 6.92 Å². The maximum absolute atomic E-state index is 12.4. The molecule has 0 fully saturated rings. The van der Waals surface area contributed by atoms with Crippen LogP contribution in [0.2, 0.25) is 0 Å². The third kappa shape index (κ3) is 3.10. The van der Waals surface area contributed by atoms with E-state index in [0.29, 0.717) is 42.3 Å². The molecule has 0 saturated carbocycles. The molecule has 7 heteroatoms. The lowest BCUT2D eigenvalue weighted by molar-refractivity contribution is 0.0950. The largest absolute Gasteiger partial charge is 0.491 e. The fourth-order valence-corrected chi connectivity index (χ4v) is 2.61. The molecule has 1 aliphatic heterocycles. The number of rotatable bonds is 4. The Bertz CT molecular complexity index is 782. The molecule has 1 aliphatic rings. The Balaban J connectivity index is 1.76. The maximum atomic E-state index is 12.4. The van der Waals surface area contributed by atoms with Crippen LogP contribution in [0.1, 0.15) is 44.7 Å². The number of fused-ring (bicyclic) bond motifs is 1. The highest BCUT2D eigenvalue weighted by molar-refractivity contribution is 6.01. The molecule has 0 aliphatic carbocycles. The molecule has 2 aromatic rings. The molecule has 0 unspecified atom stereocenters. The molecule has 3 rings (SSSR count). The van der Waals surface area contributed by atoms with Gasteiger partial charge in [0.15, 0.2) is 0 Å². The number of nitrogens with one attached hydrogen (secondary N) is 2. The van der Waals surface area contributed by atoms with Crippen LogP contribution in [-0.2, 0) is 13.0 Å². The van der Waals surface area contributed by atoms with Gasteiger partial charge in [-0.25, -0.2) is 0 Å². The van der Waals surface area contributed by atoms with Crippen molar-refractivity contribution >= 4 is 11.8 Å². The number of ether oxygens (including phenoxy) is 1. The normalized spacial score (nSPS) is 13.5. The zero-order valence-electron chi connectivity index (χ0n) is 13.6. The Hall–Kier alpha value is -2.83. The quantitative estimate of drug-likeness (QED) is 0.888. The van der Waals surface area contributed by atoms with E-state index in [-0.39, 0.29) is 11.8 Å². The van der Waals surface area contributed by atoms with Crippen LogP contribution in [0.15, 0.2) is 22.7 Å². The zero-order chi connectivity index (χ0) is 17.1. The van der Waals surface area contributed by atoms with Gasteiger partial charge < -0.3 is 19.9 Å². The van der Waals surface area contributed by atoms with Crippen molar-refractivity contribution in [2.24, 2.45) is 0 Å². The maximum Gasteiger partial charge on any atom is 0.255 e. The first-order valence-corrected chi connectivity index (χ1v) is 7.87. The summed E-state index contributed by atoms with van der Waals surface area (Å²) in [5.41, 5.74) is 2.50. The predicted molar refractivity (Wildman–Crippen MR) is 86.1 cm³/mol. The van der Waals surface area contributed by atoms with Gasteiger partial charge in [0.1, 0.15) is 18.1 Å². The average Bonchev–Trinajstić information content (AvgIpc) is 2.85. The number of carbonyl (C=O) groups is 2. The number of hydrogen-bond donors (Lipinski definition) is 2. The third-order valence-electron chi connectivity index (χ3n) is 3.96. The van der Waals surface area contributed by atoms with Gasteiger partial charge in [-0.3, -0.25) is 9.59 Å². The van der Waals surface area contributed by atoms with E-state index in [9.17, 15) is 9.59 Å². The van der Waals surface area contributed by atoms with Crippen molar-refractivity contribution in [3.8, 4) is 5.75 Å². The van der Waals surface area contributed by atoms with E-state index in [1.54, 1.807) is 18.2 Å². The monoisotopic (exact) mass is 329 g/mol. The van der Waals surface area contributed by atoms with E-state index in [1.807, 2.05) is 13.8 Å². The lowest BCUT2D eigenvalue weighted by atomic mass is 10.1. The minimum Gasteiger partial charge on any atom is -0.491 e. The van der Waals surface area contributed by atoms with Crippen LogP contribution in [0.3, 0.4) is 0 Å². The van der Waals surface area contributed by atoms with Gasteiger partial charge in [0.05, 0.1) is 17.8 Å². The van der Waals surface area contributed by atoms with E-state index in [4.69, 9.17) is 9.26 Å². The minimum absolute atomic E-state index is 0.236. The molecule has 126 valence electrons. The summed E-state index contributed by atoms with van der Waals surface area (Å²) in [6, 6.07) is 4.85. The molecule has 0 atom stereocenters. The van der Waals surface area contributed by atoms with E-state index >= 15 is 0 Å². The van der Waals surface area contributed by atoms with Gasteiger partial charge in [-0.05, 0) is 31.5 Å². The molecule has 2 amide bonds. The number of aryl methyl sites for hydroxylation is 2. The van der Waals surface area contributed by atoms with Crippen LogP contribution < -0.4 is 15.4 Å². The molecular formula is C17H19N3O4. The second-order valence-corrected chi connectivity index (χ2v) is 5.52. The van der Waals surface area contributed by atoms with Crippen LogP contribution in [0.4, 0.5) is 0 Å². The molecule has 1 aromatic carbocycles. The van der Waals surface area contributed by atoms with Gasteiger partial charge in [0.25, 0.3) is 11.8 Å². The zero-order valence-corrected chi connectivity index (χ0v) is 13.6. The topological polar surface area (TPSA) is 93.5 Å². The Labute approximate surface area is 139 Å². The molecule has 24 heavy (non-hydrogen) atoms. The van der Waals surface area contributed by atoms with E-state index in [1.165, 1.54) is 0 Å². The molecular weight excluding hydrogens is 310 g/mol. The van der Waals surface area contributed by atoms with Crippen molar-refractivity contribution in [1.82, 2.24) is 15.8 Å². The number of nitrogens with zero attached hydrogens (tertiary/aromatic N) is 1. The van der Waals surface area contributed by atoms with Crippen LogP contribution in [-0.4, -0.2) is 30.1 Å². The fraction of sp³-hybridized carbons (Fsp3) is 0.353. The molecule has 0 spiro atoms.